The lowest BCUT2D eigenvalue weighted by Crippen LogP contribution is -2.05. The van der Waals surface area contributed by atoms with Gasteiger partial charge in [-0.25, -0.2) is 4.79 Å². The number of fused-ring (bicyclic) bond motifs is 1. The van der Waals surface area contributed by atoms with Crippen LogP contribution in [0.4, 0.5) is 5.69 Å². The van der Waals surface area contributed by atoms with Crippen LogP contribution in [0.15, 0.2) is 42.0 Å². The molecule has 2 aromatic carbocycles. The smallest absolute Gasteiger partial charge is 0.333 e. The molecule has 98 valence electrons. The lowest BCUT2D eigenvalue weighted by molar-refractivity contribution is -0.138. The Morgan fingerprint density at radius 2 is 2.00 bits per heavy atom. The molecule has 0 spiro atoms. The van der Waals surface area contributed by atoms with Gasteiger partial charge >= 0.3 is 5.97 Å². The van der Waals surface area contributed by atoms with Crippen molar-refractivity contribution in [3.05, 3.63) is 47.5 Å². The second-order valence-electron chi connectivity index (χ2n) is 4.34. The predicted octanol–water partition coefficient (Wildman–Crippen LogP) is 3.39. The molecule has 0 aromatic heterocycles. The molecule has 0 fully saturated rings. The van der Waals surface area contributed by atoms with E-state index in [-0.39, 0.29) is 5.97 Å². The Kier molecular flexibility index (Phi) is 3.85. The van der Waals surface area contributed by atoms with Gasteiger partial charge in [-0.2, -0.15) is 0 Å². The summed E-state index contributed by atoms with van der Waals surface area (Å²) in [6.07, 6.45) is 1.79. The van der Waals surface area contributed by atoms with E-state index in [2.05, 4.69) is 0 Å². The van der Waals surface area contributed by atoms with Crippen LogP contribution in [0.5, 0.6) is 0 Å². The summed E-state index contributed by atoms with van der Waals surface area (Å²) in [4.78, 5) is 11.7. The fraction of sp³-hybridized carbons (Fsp3) is 0.188. The van der Waals surface area contributed by atoms with E-state index in [1.807, 2.05) is 36.4 Å². The molecular weight excluding hydrogens is 238 g/mol. The van der Waals surface area contributed by atoms with E-state index in [1.54, 1.807) is 19.9 Å². The lowest BCUT2D eigenvalue weighted by atomic mass is 10.0. The minimum atomic E-state index is -0.310. The quantitative estimate of drug-likeness (QED) is 0.519. The summed E-state index contributed by atoms with van der Waals surface area (Å²) in [6, 6.07) is 11.8. The summed E-state index contributed by atoms with van der Waals surface area (Å²) >= 11 is 0. The van der Waals surface area contributed by atoms with Gasteiger partial charge in [-0.3, -0.25) is 0 Å². The molecule has 2 N–H and O–H groups in total. The van der Waals surface area contributed by atoms with Gasteiger partial charge in [-0.15, -0.1) is 0 Å². The summed E-state index contributed by atoms with van der Waals surface area (Å²) in [5, 5.41) is 2.13. The van der Waals surface area contributed by atoms with Crippen LogP contribution in [0.3, 0.4) is 0 Å². The number of hydrogen-bond donors (Lipinski definition) is 1. The lowest BCUT2D eigenvalue weighted by Gasteiger charge is -2.08. The SMILES string of the molecule is CCOC(=O)C(C)=Cc1c(N)ccc2ccccc12. The highest BCUT2D eigenvalue weighted by Gasteiger charge is 2.08. The third-order valence-electron chi connectivity index (χ3n) is 2.96. The molecule has 0 saturated carbocycles. The molecule has 0 heterocycles. The summed E-state index contributed by atoms with van der Waals surface area (Å²) in [5.41, 5.74) is 8.08. The average Bonchev–Trinajstić information content (AvgIpc) is 2.42. The van der Waals surface area contributed by atoms with E-state index in [4.69, 9.17) is 10.5 Å². The summed E-state index contributed by atoms with van der Waals surface area (Å²) < 4.78 is 4.98. The Morgan fingerprint density at radius 3 is 2.74 bits per heavy atom. The highest BCUT2D eigenvalue weighted by molar-refractivity contribution is 6.00. The molecule has 3 heteroatoms. The molecule has 0 atom stereocenters. The fourth-order valence-electron chi connectivity index (χ4n) is 1.99. The van der Waals surface area contributed by atoms with Gasteiger partial charge in [0.25, 0.3) is 0 Å². The molecule has 3 nitrogen and oxygen atoms in total. The minimum absolute atomic E-state index is 0.310. The van der Waals surface area contributed by atoms with Crippen LogP contribution in [0.2, 0.25) is 0 Å². The predicted molar refractivity (Wildman–Crippen MR) is 78.6 cm³/mol. The Labute approximate surface area is 112 Å². The Balaban J connectivity index is 2.53. The van der Waals surface area contributed by atoms with Gasteiger partial charge in [0.1, 0.15) is 0 Å². The number of benzene rings is 2. The molecule has 0 aliphatic heterocycles. The van der Waals surface area contributed by atoms with Gasteiger partial charge in [0.05, 0.1) is 6.61 Å². The third kappa shape index (κ3) is 2.76. The van der Waals surface area contributed by atoms with Crippen molar-refractivity contribution in [2.45, 2.75) is 13.8 Å². The summed E-state index contributed by atoms with van der Waals surface area (Å²) in [5.74, 6) is -0.310. The zero-order valence-corrected chi connectivity index (χ0v) is 11.1. The maximum atomic E-state index is 11.7. The Hall–Kier alpha value is -2.29. The average molecular weight is 255 g/mol. The highest BCUT2D eigenvalue weighted by Crippen LogP contribution is 2.26. The van der Waals surface area contributed by atoms with Crippen molar-refractivity contribution in [1.29, 1.82) is 0 Å². The van der Waals surface area contributed by atoms with Gasteiger partial charge < -0.3 is 10.5 Å². The molecule has 0 radical (unpaired) electrons. The largest absolute Gasteiger partial charge is 0.463 e. The number of esters is 1. The first-order valence-corrected chi connectivity index (χ1v) is 6.26. The van der Waals surface area contributed by atoms with Crippen LogP contribution in [0.25, 0.3) is 16.8 Å². The first-order valence-electron chi connectivity index (χ1n) is 6.26. The Morgan fingerprint density at radius 1 is 1.26 bits per heavy atom. The normalized spacial score (nSPS) is 11.6. The molecule has 2 rings (SSSR count). The number of hydrogen-bond acceptors (Lipinski definition) is 3. The van der Waals surface area contributed by atoms with Gasteiger partial charge in [-0.05, 0) is 36.8 Å². The maximum absolute atomic E-state index is 11.7. The van der Waals surface area contributed by atoms with Crippen molar-refractivity contribution >= 4 is 28.5 Å². The molecular formula is C16H17NO2. The molecule has 0 unspecified atom stereocenters. The zero-order chi connectivity index (χ0) is 13.8. The van der Waals surface area contributed by atoms with Gasteiger partial charge in [0.15, 0.2) is 0 Å². The molecule has 0 aliphatic rings. The van der Waals surface area contributed by atoms with E-state index in [9.17, 15) is 4.79 Å². The molecule has 2 aromatic rings. The van der Waals surface area contributed by atoms with Crippen molar-refractivity contribution in [3.63, 3.8) is 0 Å². The monoisotopic (exact) mass is 255 g/mol. The summed E-state index contributed by atoms with van der Waals surface area (Å²) in [6.45, 7) is 3.89. The number of nitrogen functional groups attached to an aromatic ring is 1. The first kappa shape index (κ1) is 13.1. The van der Waals surface area contributed by atoms with Crippen LogP contribution in [-0.2, 0) is 9.53 Å². The third-order valence-corrected chi connectivity index (χ3v) is 2.96. The molecule has 0 saturated heterocycles. The number of ether oxygens (including phenoxy) is 1. The zero-order valence-electron chi connectivity index (χ0n) is 11.1. The first-order chi connectivity index (χ1) is 9.13. The maximum Gasteiger partial charge on any atom is 0.333 e. The van der Waals surface area contributed by atoms with Crippen molar-refractivity contribution < 1.29 is 9.53 Å². The number of carbonyl (C=O) groups is 1. The van der Waals surface area contributed by atoms with Gasteiger partial charge in [-0.1, -0.05) is 30.3 Å². The topological polar surface area (TPSA) is 52.3 Å². The number of rotatable bonds is 3. The van der Waals surface area contributed by atoms with E-state index in [1.165, 1.54) is 0 Å². The molecule has 19 heavy (non-hydrogen) atoms. The van der Waals surface area contributed by atoms with Crippen molar-refractivity contribution in [1.82, 2.24) is 0 Å². The number of anilines is 1. The van der Waals surface area contributed by atoms with Crippen LogP contribution >= 0.6 is 0 Å². The van der Waals surface area contributed by atoms with Crippen LogP contribution < -0.4 is 5.73 Å². The fourth-order valence-corrected chi connectivity index (χ4v) is 1.99. The van der Waals surface area contributed by atoms with E-state index < -0.39 is 0 Å². The summed E-state index contributed by atoms with van der Waals surface area (Å²) in [7, 11) is 0. The number of carbonyl (C=O) groups excluding carboxylic acids is 1. The highest BCUT2D eigenvalue weighted by atomic mass is 16.5. The molecule has 0 amide bonds. The van der Waals surface area contributed by atoms with Crippen LogP contribution in [0, 0.1) is 0 Å². The van der Waals surface area contributed by atoms with Crippen molar-refractivity contribution in [2.24, 2.45) is 0 Å². The standard InChI is InChI=1S/C16H17NO2/c1-3-19-16(18)11(2)10-14-13-7-5-4-6-12(13)8-9-15(14)17/h4-10H,3,17H2,1-2H3. The Bertz CT molecular complexity index is 644. The second kappa shape index (κ2) is 5.57. The van der Waals surface area contributed by atoms with Crippen molar-refractivity contribution in [2.75, 3.05) is 12.3 Å². The minimum Gasteiger partial charge on any atom is -0.463 e. The molecule has 0 bridgehead atoms. The van der Waals surface area contributed by atoms with E-state index in [0.717, 1.165) is 16.3 Å². The van der Waals surface area contributed by atoms with E-state index >= 15 is 0 Å². The second-order valence-corrected chi connectivity index (χ2v) is 4.34. The van der Waals surface area contributed by atoms with Gasteiger partial charge in [0.2, 0.25) is 0 Å². The van der Waals surface area contributed by atoms with Gasteiger partial charge in [0, 0.05) is 16.8 Å². The molecule has 0 aliphatic carbocycles. The van der Waals surface area contributed by atoms with Crippen LogP contribution in [-0.4, -0.2) is 12.6 Å². The van der Waals surface area contributed by atoms with Crippen molar-refractivity contribution in [3.8, 4) is 0 Å². The van der Waals surface area contributed by atoms with E-state index in [0.29, 0.717) is 17.9 Å². The number of nitrogens with two attached hydrogens (primary N) is 1. The van der Waals surface area contributed by atoms with Crippen LogP contribution in [0.1, 0.15) is 19.4 Å².